The van der Waals surface area contributed by atoms with Crippen molar-refractivity contribution in [3.8, 4) is 11.5 Å². The van der Waals surface area contributed by atoms with E-state index in [1.165, 1.54) is 18.3 Å². The molecule has 9 nitrogen and oxygen atoms in total. The van der Waals surface area contributed by atoms with Gasteiger partial charge < -0.3 is 19.5 Å². The zero-order valence-electron chi connectivity index (χ0n) is 15.7. The SMILES string of the molecule is C[C@H](OC(=O)Cc1csc(N2CCCC2=O)n1)C(=O)Nc1ccc2c(c1)OCO2. The maximum Gasteiger partial charge on any atom is 0.312 e. The maximum atomic E-state index is 12.3. The third-order valence-corrected chi connectivity index (χ3v) is 5.40. The van der Waals surface area contributed by atoms with Gasteiger partial charge in [-0.05, 0) is 25.5 Å². The average Bonchev–Trinajstić information content (AvgIpc) is 3.41. The van der Waals surface area contributed by atoms with Crippen LogP contribution in [0.2, 0.25) is 0 Å². The molecule has 1 atom stereocenters. The molecule has 3 heterocycles. The molecule has 1 aromatic carbocycles. The Bertz CT molecular complexity index is 959. The smallest absolute Gasteiger partial charge is 0.312 e. The Morgan fingerprint density at radius 2 is 2.17 bits per heavy atom. The zero-order valence-corrected chi connectivity index (χ0v) is 16.5. The van der Waals surface area contributed by atoms with Crippen molar-refractivity contribution in [1.82, 2.24) is 4.98 Å². The van der Waals surface area contributed by atoms with Gasteiger partial charge >= 0.3 is 5.97 Å². The van der Waals surface area contributed by atoms with Crippen LogP contribution in [0.1, 0.15) is 25.5 Å². The van der Waals surface area contributed by atoms with E-state index in [1.54, 1.807) is 28.5 Å². The molecular weight excluding hydrogens is 398 g/mol. The number of fused-ring (bicyclic) bond motifs is 1. The minimum atomic E-state index is -0.980. The summed E-state index contributed by atoms with van der Waals surface area (Å²) in [7, 11) is 0. The molecule has 0 unspecified atom stereocenters. The number of rotatable bonds is 6. The van der Waals surface area contributed by atoms with Gasteiger partial charge in [-0.3, -0.25) is 19.3 Å². The first-order valence-electron chi connectivity index (χ1n) is 9.14. The van der Waals surface area contributed by atoms with Gasteiger partial charge in [0.2, 0.25) is 12.7 Å². The minimum Gasteiger partial charge on any atom is -0.454 e. The van der Waals surface area contributed by atoms with Gasteiger partial charge in [-0.25, -0.2) is 4.98 Å². The second-order valence-electron chi connectivity index (χ2n) is 6.64. The van der Waals surface area contributed by atoms with Crippen molar-refractivity contribution in [1.29, 1.82) is 0 Å². The molecule has 2 aromatic rings. The first-order valence-corrected chi connectivity index (χ1v) is 10.0. The van der Waals surface area contributed by atoms with Crippen LogP contribution < -0.4 is 19.7 Å². The molecular formula is C19H19N3O6S. The second kappa shape index (κ2) is 8.08. The van der Waals surface area contributed by atoms with Crippen molar-refractivity contribution in [3.63, 3.8) is 0 Å². The summed E-state index contributed by atoms with van der Waals surface area (Å²) in [4.78, 5) is 42.2. The number of esters is 1. The number of anilines is 2. The van der Waals surface area contributed by atoms with Gasteiger partial charge in [-0.15, -0.1) is 11.3 Å². The summed E-state index contributed by atoms with van der Waals surface area (Å²) in [5.74, 6) is 0.174. The van der Waals surface area contributed by atoms with Crippen molar-refractivity contribution in [2.45, 2.75) is 32.3 Å². The number of nitrogens with one attached hydrogen (secondary N) is 1. The number of carbonyl (C=O) groups is 3. The fourth-order valence-corrected chi connectivity index (χ4v) is 3.88. The van der Waals surface area contributed by atoms with Crippen LogP contribution in [0.25, 0.3) is 0 Å². The lowest BCUT2D eigenvalue weighted by molar-refractivity contribution is -0.152. The molecule has 10 heteroatoms. The molecule has 2 amide bonds. The first kappa shape index (κ1) is 19.2. The van der Waals surface area contributed by atoms with Crippen molar-refractivity contribution >= 4 is 39.9 Å². The van der Waals surface area contributed by atoms with Crippen molar-refractivity contribution in [2.75, 3.05) is 23.6 Å². The fourth-order valence-electron chi connectivity index (χ4n) is 3.01. The van der Waals surface area contributed by atoms with Crippen molar-refractivity contribution < 1.29 is 28.6 Å². The van der Waals surface area contributed by atoms with E-state index >= 15 is 0 Å². The number of amides is 2. The molecule has 29 heavy (non-hydrogen) atoms. The molecule has 0 radical (unpaired) electrons. The summed E-state index contributed by atoms with van der Waals surface area (Å²) in [6, 6.07) is 5.02. The van der Waals surface area contributed by atoms with Crippen LogP contribution >= 0.6 is 11.3 Å². The summed E-state index contributed by atoms with van der Waals surface area (Å²) in [5, 5.41) is 4.99. The Morgan fingerprint density at radius 3 is 2.97 bits per heavy atom. The Labute approximate surface area is 170 Å². The van der Waals surface area contributed by atoms with Crippen LogP contribution in [0.5, 0.6) is 11.5 Å². The quantitative estimate of drug-likeness (QED) is 0.718. The second-order valence-corrected chi connectivity index (χ2v) is 7.47. The highest BCUT2D eigenvalue weighted by molar-refractivity contribution is 7.14. The monoisotopic (exact) mass is 417 g/mol. The van der Waals surface area contributed by atoms with E-state index in [2.05, 4.69) is 10.3 Å². The van der Waals surface area contributed by atoms with E-state index in [9.17, 15) is 14.4 Å². The topological polar surface area (TPSA) is 107 Å². The van der Waals surface area contributed by atoms with E-state index in [4.69, 9.17) is 14.2 Å². The third kappa shape index (κ3) is 4.32. The molecule has 2 aliphatic rings. The highest BCUT2D eigenvalue weighted by atomic mass is 32.1. The van der Waals surface area contributed by atoms with E-state index in [0.29, 0.717) is 41.0 Å². The number of ether oxygens (including phenoxy) is 3. The summed E-state index contributed by atoms with van der Waals surface area (Å²) in [6.07, 6.45) is 0.282. The molecule has 2 aliphatic heterocycles. The van der Waals surface area contributed by atoms with E-state index < -0.39 is 18.0 Å². The van der Waals surface area contributed by atoms with Gasteiger partial charge in [-0.2, -0.15) is 0 Å². The molecule has 0 bridgehead atoms. The van der Waals surface area contributed by atoms with Gasteiger partial charge in [0.05, 0.1) is 12.1 Å². The Hall–Kier alpha value is -3.14. The number of carbonyl (C=O) groups excluding carboxylic acids is 3. The Balaban J connectivity index is 1.29. The predicted molar refractivity (Wildman–Crippen MR) is 104 cm³/mol. The summed E-state index contributed by atoms with van der Waals surface area (Å²) >= 11 is 1.31. The standard InChI is InChI=1S/C19H19N3O6S/c1-11(18(25)20-12-4-5-14-15(7-12)27-10-26-14)28-17(24)8-13-9-29-19(21-13)22-6-2-3-16(22)23/h4-5,7,9,11H,2-3,6,8,10H2,1H3,(H,20,25)/t11-/m0/s1. The van der Waals surface area contributed by atoms with Gasteiger partial charge in [0.15, 0.2) is 22.7 Å². The molecule has 152 valence electrons. The largest absolute Gasteiger partial charge is 0.454 e. The number of nitrogens with zero attached hydrogens (tertiary/aromatic N) is 2. The van der Waals surface area contributed by atoms with Crippen LogP contribution in [0.15, 0.2) is 23.6 Å². The fraction of sp³-hybridized carbons (Fsp3) is 0.368. The van der Waals surface area contributed by atoms with E-state index in [-0.39, 0.29) is 19.1 Å². The van der Waals surface area contributed by atoms with Gasteiger partial charge in [-0.1, -0.05) is 0 Å². The number of thiazole rings is 1. The molecule has 1 N–H and O–H groups in total. The Kier molecular flexibility index (Phi) is 5.34. The van der Waals surface area contributed by atoms with Gasteiger partial charge in [0.1, 0.15) is 0 Å². The number of hydrogen-bond donors (Lipinski definition) is 1. The van der Waals surface area contributed by atoms with Crippen LogP contribution in [0.4, 0.5) is 10.8 Å². The first-order chi connectivity index (χ1) is 14.0. The molecule has 0 aliphatic carbocycles. The molecule has 4 rings (SSSR count). The number of aromatic nitrogens is 1. The lowest BCUT2D eigenvalue weighted by atomic mass is 10.2. The molecule has 1 fully saturated rings. The molecule has 0 saturated carbocycles. The molecule has 1 aromatic heterocycles. The number of benzene rings is 1. The summed E-state index contributed by atoms with van der Waals surface area (Å²) in [6.45, 7) is 2.29. The van der Waals surface area contributed by atoms with Crippen LogP contribution in [0.3, 0.4) is 0 Å². The van der Waals surface area contributed by atoms with Crippen LogP contribution in [-0.2, 0) is 25.5 Å². The van der Waals surface area contributed by atoms with Crippen molar-refractivity contribution in [2.24, 2.45) is 0 Å². The normalized spacial score (nSPS) is 16.0. The van der Waals surface area contributed by atoms with E-state index in [0.717, 1.165) is 6.42 Å². The zero-order chi connectivity index (χ0) is 20.4. The van der Waals surface area contributed by atoms with Crippen LogP contribution in [-0.4, -0.2) is 42.2 Å². The number of hydrogen-bond acceptors (Lipinski definition) is 8. The lowest BCUT2D eigenvalue weighted by Crippen LogP contribution is -2.30. The van der Waals surface area contributed by atoms with Gasteiger partial charge in [0, 0.05) is 30.1 Å². The predicted octanol–water partition coefficient (Wildman–Crippen LogP) is 2.11. The Morgan fingerprint density at radius 1 is 1.34 bits per heavy atom. The average molecular weight is 417 g/mol. The van der Waals surface area contributed by atoms with Gasteiger partial charge in [0.25, 0.3) is 5.91 Å². The highest BCUT2D eigenvalue weighted by Crippen LogP contribution is 2.34. The molecule has 0 spiro atoms. The lowest BCUT2D eigenvalue weighted by Gasteiger charge is -2.13. The van der Waals surface area contributed by atoms with Crippen molar-refractivity contribution in [3.05, 3.63) is 29.3 Å². The third-order valence-electron chi connectivity index (χ3n) is 4.49. The minimum absolute atomic E-state index is 0.0438. The van der Waals surface area contributed by atoms with Crippen LogP contribution in [0, 0.1) is 0 Å². The maximum absolute atomic E-state index is 12.3. The summed E-state index contributed by atoms with van der Waals surface area (Å²) in [5.41, 5.74) is 1.03. The van der Waals surface area contributed by atoms with E-state index in [1.807, 2.05) is 0 Å². The molecule has 1 saturated heterocycles. The highest BCUT2D eigenvalue weighted by Gasteiger charge is 2.25. The summed E-state index contributed by atoms with van der Waals surface area (Å²) < 4.78 is 15.7.